The second kappa shape index (κ2) is 7.57. The number of rotatable bonds is 7. The van der Waals surface area contributed by atoms with E-state index in [1.54, 1.807) is 27.7 Å². The van der Waals surface area contributed by atoms with E-state index in [1.165, 1.54) is 27.7 Å². The second-order valence-electron chi connectivity index (χ2n) is 7.54. The lowest BCUT2D eigenvalue weighted by Crippen LogP contribution is -2.48. The topological polar surface area (TPSA) is 112 Å². The van der Waals surface area contributed by atoms with Crippen molar-refractivity contribution in [2.75, 3.05) is 13.2 Å². The molecule has 0 saturated carbocycles. The second-order valence-corrected chi connectivity index (χ2v) is 7.54. The molecule has 0 amide bonds. The molecule has 0 saturated heterocycles. The molecule has 0 rings (SSSR count). The summed E-state index contributed by atoms with van der Waals surface area (Å²) < 4.78 is 19.6. The predicted molar refractivity (Wildman–Crippen MR) is 85.6 cm³/mol. The average Bonchev–Trinajstić information content (AvgIpc) is 2.30. The zero-order chi connectivity index (χ0) is 19.4. The molecule has 0 aliphatic carbocycles. The van der Waals surface area contributed by atoms with Gasteiger partial charge in [-0.05, 0) is 55.4 Å². The highest BCUT2D eigenvalue weighted by molar-refractivity contribution is 5.61. The summed E-state index contributed by atoms with van der Waals surface area (Å²) in [5.74, 6) is 0. The molecule has 8 heteroatoms. The van der Waals surface area contributed by atoms with Gasteiger partial charge in [-0.3, -0.25) is 0 Å². The first kappa shape index (κ1) is 22.5. The molecule has 0 aromatic heterocycles. The zero-order valence-corrected chi connectivity index (χ0v) is 15.8. The molecule has 142 valence electrons. The molecule has 0 aliphatic heterocycles. The molecule has 24 heavy (non-hydrogen) atoms. The smallest absolute Gasteiger partial charge is 0.431 e. The van der Waals surface area contributed by atoms with Crippen LogP contribution in [0.4, 0.5) is 9.59 Å². The maximum Gasteiger partial charge on any atom is 0.509 e. The summed E-state index contributed by atoms with van der Waals surface area (Å²) in [6, 6.07) is 0. The molecule has 0 spiro atoms. The van der Waals surface area contributed by atoms with Gasteiger partial charge in [0, 0.05) is 0 Å². The van der Waals surface area contributed by atoms with Gasteiger partial charge in [0.1, 0.15) is 24.4 Å². The minimum absolute atomic E-state index is 0.237. The van der Waals surface area contributed by atoms with Gasteiger partial charge in [0.05, 0.1) is 11.2 Å². The largest absolute Gasteiger partial charge is 0.509 e. The van der Waals surface area contributed by atoms with Crippen molar-refractivity contribution in [3.8, 4) is 0 Å². The molecule has 0 fully saturated rings. The minimum Gasteiger partial charge on any atom is -0.431 e. The first-order valence-electron chi connectivity index (χ1n) is 7.66. The van der Waals surface area contributed by atoms with Gasteiger partial charge in [-0.1, -0.05) is 0 Å². The number of hydrogen-bond acceptors (Lipinski definition) is 8. The van der Waals surface area contributed by atoms with Crippen LogP contribution in [0.2, 0.25) is 0 Å². The molecule has 8 nitrogen and oxygen atoms in total. The van der Waals surface area contributed by atoms with Crippen LogP contribution in [0, 0.1) is 0 Å². The lowest BCUT2D eigenvalue weighted by Gasteiger charge is -2.36. The fourth-order valence-corrected chi connectivity index (χ4v) is 0.975. The molecule has 0 aliphatic rings. The van der Waals surface area contributed by atoms with Crippen LogP contribution < -0.4 is 0 Å². The van der Waals surface area contributed by atoms with Crippen molar-refractivity contribution in [1.82, 2.24) is 0 Å². The normalized spacial score (nSPS) is 13.2. The van der Waals surface area contributed by atoms with Crippen molar-refractivity contribution in [3.63, 3.8) is 0 Å². The Morgan fingerprint density at radius 2 is 0.917 bits per heavy atom. The van der Waals surface area contributed by atoms with Crippen LogP contribution in [0.5, 0.6) is 0 Å². The Morgan fingerprint density at radius 3 is 1.12 bits per heavy atom. The summed E-state index contributed by atoms with van der Waals surface area (Å²) >= 11 is 0. The number of ether oxygens (including phenoxy) is 4. The Hall–Kier alpha value is -1.54. The third kappa shape index (κ3) is 6.92. The highest BCUT2D eigenvalue weighted by atomic mass is 16.8. The van der Waals surface area contributed by atoms with E-state index in [4.69, 9.17) is 18.9 Å². The number of aliphatic hydroxyl groups is 2. The molecule has 0 aromatic carbocycles. The molecule has 0 radical (unpaired) electrons. The third-order valence-corrected chi connectivity index (χ3v) is 4.15. The van der Waals surface area contributed by atoms with Gasteiger partial charge in [-0.15, -0.1) is 0 Å². The van der Waals surface area contributed by atoms with E-state index in [1.807, 2.05) is 0 Å². The van der Waals surface area contributed by atoms with E-state index in [-0.39, 0.29) is 13.2 Å². The molecule has 0 atom stereocenters. The predicted octanol–water partition coefficient (Wildman–Crippen LogP) is 2.39. The Kier molecular flexibility index (Phi) is 7.08. The van der Waals surface area contributed by atoms with Crippen LogP contribution in [0.1, 0.15) is 55.4 Å². The lowest BCUT2D eigenvalue weighted by molar-refractivity contribution is -0.134. The minimum atomic E-state index is -1.25. The van der Waals surface area contributed by atoms with Gasteiger partial charge in [-0.2, -0.15) is 0 Å². The number of carbonyl (C=O) groups excluding carboxylic acids is 2. The summed E-state index contributed by atoms with van der Waals surface area (Å²) in [4.78, 5) is 23.1. The number of carbonyl (C=O) groups is 2. The van der Waals surface area contributed by atoms with Crippen molar-refractivity contribution in [2.24, 2.45) is 0 Å². The van der Waals surface area contributed by atoms with E-state index in [2.05, 4.69) is 0 Å². The molecule has 0 aromatic rings. The van der Waals surface area contributed by atoms with Crippen molar-refractivity contribution >= 4 is 12.3 Å². The van der Waals surface area contributed by atoms with Crippen LogP contribution in [-0.2, 0) is 18.9 Å². The van der Waals surface area contributed by atoms with Gasteiger partial charge < -0.3 is 29.2 Å². The van der Waals surface area contributed by atoms with E-state index >= 15 is 0 Å². The summed E-state index contributed by atoms with van der Waals surface area (Å²) in [6.45, 7) is 11.7. The van der Waals surface area contributed by atoms with Crippen molar-refractivity contribution < 1.29 is 38.7 Å². The summed E-state index contributed by atoms with van der Waals surface area (Å²) in [5.41, 5.74) is -4.81. The van der Waals surface area contributed by atoms with Crippen molar-refractivity contribution in [1.29, 1.82) is 0 Å². The Morgan fingerprint density at radius 1 is 0.667 bits per heavy atom. The monoisotopic (exact) mass is 350 g/mol. The van der Waals surface area contributed by atoms with E-state index in [0.29, 0.717) is 0 Å². The first-order valence-corrected chi connectivity index (χ1v) is 7.66. The van der Waals surface area contributed by atoms with Gasteiger partial charge in [0.15, 0.2) is 0 Å². The summed E-state index contributed by atoms with van der Waals surface area (Å²) in [7, 11) is 0. The molecule has 0 heterocycles. The first-order chi connectivity index (χ1) is 10.5. The quantitative estimate of drug-likeness (QED) is 0.532. The molecular weight excluding hydrogens is 320 g/mol. The maximum atomic E-state index is 11.5. The highest BCUT2D eigenvalue weighted by Gasteiger charge is 2.40. The number of hydrogen-bond donors (Lipinski definition) is 2. The van der Waals surface area contributed by atoms with Gasteiger partial charge in [0.2, 0.25) is 0 Å². The van der Waals surface area contributed by atoms with Crippen molar-refractivity contribution in [3.05, 3.63) is 0 Å². The van der Waals surface area contributed by atoms with Crippen LogP contribution in [0.3, 0.4) is 0 Å². The van der Waals surface area contributed by atoms with Crippen molar-refractivity contribution in [2.45, 2.75) is 77.8 Å². The molecule has 0 unspecified atom stereocenters. The molecule has 0 bridgehead atoms. The fourth-order valence-electron chi connectivity index (χ4n) is 0.975. The maximum absolute atomic E-state index is 11.5. The van der Waals surface area contributed by atoms with Crippen LogP contribution in [0.15, 0.2) is 0 Å². The SMILES string of the molecule is CC(C)(O)C(C)(C)OC(=O)OCCOC(=O)OC(C)(C)C(C)(C)O. The Labute approximate surface area is 143 Å². The molecule has 2 N–H and O–H groups in total. The summed E-state index contributed by atoms with van der Waals surface area (Å²) in [6.07, 6.45) is -1.98. The van der Waals surface area contributed by atoms with E-state index in [0.717, 1.165) is 0 Å². The standard InChI is InChI=1S/C16H30O8/c1-13(2,19)15(5,6)23-11(17)21-9-10-22-12(18)24-16(7,8)14(3,4)20/h19-20H,9-10H2,1-8H3. The highest BCUT2D eigenvalue weighted by Crippen LogP contribution is 2.26. The van der Waals surface area contributed by atoms with Gasteiger partial charge in [0.25, 0.3) is 0 Å². The Bertz CT molecular complexity index is 398. The van der Waals surface area contributed by atoms with Crippen LogP contribution >= 0.6 is 0 Å². The van der Waals surface area contributed by atoms with Gasteiger partial charge >= 0.3 is 12.3 Å². The van der Waals surface area contributed by atoms with E-state index < -0.39 is 34.7 Å². The fraction of sp³-hybridized carbons (Fsp3) is 0.875. The average molecular weight is 350 g/mol. The van der Waals surface area contributed by atoms with Crippen LogP contribution in [-0.4, -0.2) is 58.1 Å². The third-order valence-electron chi connectivity index (χ3n) is 4.15. The lowest BCUT2D eigenvalue weighted by atomic mass is 9.90. The molecular formula is C16H30O8. The van der Waals surface area contributed by atoms with E-state index in [9.17, 15) is 19.8 Å². The summed E-state index contributed by atoms with van der Waals surface area (Å²) in [5, 5.41) is 19.7. The Balaban J connectivity index is 4.19. The zero-order valence-electron chi connectivity index (χ0n) is 15.8. The van der Waals surface area contributed by atoms with Gasteiger partial charge in [-0.25, -0.2) is 9.59 Å². The van der Waals surface area contributed by atoms with Crippen LogP contribution in [0.25, 0.3) is 0 Å².